The van der Waals surface area contributed by atoms with Crippen LogP contribution in [0, 0.1) is 17.1 Å². The predicted octanol–water partition coefficient (Wildman–Crippen LogP) is 0.857. The number of nitrogens with zero attached hydrogens (tertiary/aromatic N) is 6. The normalized spacial score (nSPS) is 18.2. The van der Waals surface area contributed by atoms with Gasteiger partial charge in [-0.15, -0.1) is 0 Å². The first-order valence-electron chi connectivity index (χ1n) is 10.4. The van der Waals surface area contributed by atoms with Crippen molar-refractivity contribution in [3.05, 3.63) is 35.8 Å². The number of piperazine rings is 1. The second kappa shape index (κ2) is 9.15. The average molecular weight is 454 g/mol. The molecule has 11 nitrogen and oxygen atoms in total. The van der Waals surface area contributed by atoms with Gasteiger partial charge in [0, 0.05) is 33.1 Å². The molecule has 1 aromatic heterocycles. The van der Waals surface area contributed by atoms with Crippen molar-refractivity contribution >= 4 is 35.1 Å². The number of nitrogen functional groups attached to an aromatic ring is 1. The van der Waals surface area contributed by atoms with Crippen LogP contribution in [0.15, 0.2) is 24.4 Å². The molecule has 1 atom stereocenters. The summed E-state index contributed by atoms with van der Waals surface area (Å²) in [6.07, 6.45) is 0.329. The molecule has 3 N–H and O–H groups in total. The predicted molar refractivity (Wildman–Crippen MR) is 118 cm³/mol. The second-order valence-electron chi connectivity index (χ2n) is 7.74. The maximum atomic E-state index is 15.0. The number of amides is 2. The molecule has 0 saturated carbocycles. The molecule has 2 fully saturated rings. The van der Waals surface area contributed by atoms with E-state index in [4.69, 9.17) is 15.7 Å². The molecule has 0 bridgehead atoms. The topological polar surface area (TPSA) is 141 Å². The first-order chi connectivity index (χ1) is 15.9. The van der Waals surface area contributed by atoms with Crippen LogP contribution in [-0.4, -0.2) is 67.3 Å². The highest BCUT2D eigenvalue weighted by molar-refractivity contribution is 5.90. The van der Waals surface area contributed by atoms with Crippen LogP contribution in [0.1, 0.15) is 12.5 Å². The minimum atomic E-state index is -0.576. The lowest BCUT2D eigenvalue weighted by Crippen LogP contribution is -2.47. The lowest BCUT2D eigenvalue weighted by atomic mass is 10.2. The van der Waals surface area contributed by atoms with Crippen molar-refractivity contribution in [2.75, 3.05) is 59.7 Å². The average Bonchev–Trinajstić information content (AvgIpc) is 3.18. The van der Waals surface area contributed by atoms with Crippen molar-refractivity contribution in [1.29, 1.82) is 5.26 Å². The summed E-state index contributed by atoms with van der Waals surface area (Å²) in [5.41, 5.74) is 6.83. The third kappa shape index (κ3) is 4.72. The summed E-state index contributed by atoms with van der Waals surface area (Å²) in [5, 5.41) is 11.6. The second-order valence-corrected chi connectivity index (χ2v) is 7.74. The standard InChI is InChI=1S/C21H23FN8O3/c1-13(31)25-11-16-12-30(21(32)33-16)15-2-3-18(17(22)8-15)28-4-6-29(7-5-28)20-26-10-14(9-23)19(24)27-20/h2-3,8,10,16H,4-7,11-12H2,1H3,(H,25,31)(H2,24,26,27)/t16-/m0/s1. The number of halogens is 1. The van der Waals surface area contributed by atoms with Gasteiger partial charge in [-0.2, -0.15) is 10.2 Å². The van der Waals surface area contributed by atoms with Crippen LogP contribution in [0.5, 0.6) is 0 Å². The van der Waals surface area contributed by atoms with Gasteiger partial charge in [-0.3, -0.25) is 9.69 Å². The fourth-order valence-electron chi connectivity index (χ4n) is 3.79. The molecule has 2 saturated heterocycles. The van der Waals surface area contributed by atoms with Crippen molar-refractivity contribution in [3.63, 3.8) is 0 Å². The fourth-order valence-corrected chi connectivity index (χ4v) is 3.79. The van der Waals surface area contributed by atoms with Gasteiger partial charge < -0.3 is 25.6 Å². The Hall–Kier alpha value is -4.14. The van der Waals surface area contributed by atoms with Gasteiger partial charge in [-0.25, -0.2) is 14.2 Å². The summed E-state index contributed by atoms with van der Waals surface area (Å²) < 4.78 is 20.2. The molecule has 12 heteroatoms. The van der Waals surface area contributed by atoms with Gasteiger partial charge in [0.15, 0.2) is 0 Å². The number of benzene rings is 1. The number of nitriles is 1. The van der Waals surface area contributed by atoms with Gasteiger partial charge in [0.05, 0.1) is 30.7 Å². The molecule has 3 heterocycles. The first-order valence-corrected chi connectivity index (χ1v) is 10.4. The molecule has 1 aromatic carbocycles. The minimum Gasteiger partial charge on any atom is -0.442 e. The molecule has 0 spiro atoms. The van der Waals surface area contributed by atoms with Crippen LogP contribution < -0.4 is 25.8 Å². The van der Waals surface area contributed by atoms with E-state index in [1.165, 1.54) is 24.1 Å². The number of aromatic nitrogens is 2. The smallest absolute Gasteiger partial charge is 0.414 e. The number of anilines is 4. The lowest BCUT2D eigenvalue weighted by molar-refractivity contribution is -0.119. The van der Waals surface area contributed by atoms with E-state index >= 15 is 0 Å². The van der Waals surface area contributed by atoms with Crippen LogP contribution in [0.4, 0.5) is 32.3 Å². The molecular formula is C21H23FN8O3. The first kappa shape index (κ1) is 22.1. The Kier molecular flexibility index (Phi) is 6.12. The Balaban J connectivity index is 1.39. The van der Waals surface area contributed by atoms with Crippen LogP contribution in [0.2, 0.25) is 0 Å². The monoisotopic (exact) mass is 454 g/mol. The quantitative estimate of drug-likeness (QED) is 0.673. The summed E-state index contributed by atoms with van der Waals surface area (Å²) >= 11 is 0. The van der Waals surface area contributed by atoms with E-state index in [9.17, 15) is 14.0 Å². The molecule has 2 aliphatic rings. The molecular weight excluding hydrogens is 431 g/mol. The highest BCUT2D eigenvalue weighted by Gasteiger charge is 2.33. The van der Waals surface area contributed by atoms with E-state index < -0.39 is 18.0 Å². The van der Waals surface area contributed by atoms with E-state index in [2.05, 4.69) is 15.3 Å². The Morgan fingerprint density at radius 1 is 1.33 bits per heavy atom. The third-order valence-corrected chi connectivity index (χ3v) is 5.52. The van der Waals surface area contributed by atoms with Gasteiger partial charge in [-0.1, -0.05) is 0 Å². The number of nitrogens with one attached hydrogen (secondary N) is 1. The number of nitrogens with two attached hydrogens (primary N) is 1. The zero-order chi connectivity index (χ0) is 23.5. The van der Waals surface area contributed by atoms with Crippen LogP contribution in [-0.2, 0) is 9.53 Å². The van der Waals surface area contributed by atoms with E-state index in [0.717, 1.165) is 0 Å². The van der Waals surface area contributed by atoms with E-state index in [1.54, 1.807) is 12.1 Å². The number of hydrogen-bond acceptors (Lipinski definition) is 9. The summed E-state index contributed by atoms with van der Waals surface area (Å²) in [6.45, 7) is 3.98. The van der Waals surface area contributed by atoms with E-state index in [-0.39, 0.29) is 30.4 Å². The Morgan fingerprint density at radius 2 is 2.06 bits per heavy atom. The van der Waals surface area contributed by atoms with Gasteiger partial charge in [0.25, 0.3) is 0 Å². The molecule has 0 unspecified atom stereocenters. The summed E-state index contributed by atoms with van der Waals surface area (Å²) in [5.74, 6) is -0.0956. The van der Waals surface area contributed by atoms with E-state index in [1.807, 2.05) is 15.9 Å². The van der Waals surface area contributed by atoms with Gasteiger partial charge >= 0.3 is 6.09 Å². The van der Waals surface area contributed by atoms with E-state index in [0.29, 0.717) is 43.5 Å². The number of carbonyl (C=O) groups excluding carboxylic acids is 2. The number of ether oxygens (including phenoxy) is 1. The van der Waals surface area contributed by atoms with Crippen molar-refractivity contribution in [3.8, 4) is 6.07 Å². The maximum Gasteiger partial charge on any atom is 0.414 e. The number of rotatable bonds is 5. The van der Waals surface area contributed by atoms with Crippen LogP contribution >= 0.6 is 0 Å². The zero-order valence-corrected chi connectivity index (χ0v) is 18.0. The largest absolute Gasteiger partial charge is 0.442 e. The van der Waals surface area contributed by atoms with Crippen molar-refractivity contribution in [1.82, 2.24) is 15.3 Å². The van der Waals surface area contributed by atoms with Gasteiger partial charge in [-0.05, 0) is 18.2 Å². The van der Waals surface area contributed by atoms with Crippen molar-refractivity contribution < 1.29 is 18.7 Å². The molecule has 172 valence electrons. The molecule has 2 aliphatic heterocycles. The highest BCUT2D eigenvalue weighted by atomic mass is 19.1. The van der Waals surface area contributed by atoms with Gasteiger partial charge in [0.1, 0.15) is 29.4 Å². The molecule has 2 amide bonds. The summed E-state index contributed by atoms with van der Waals surface area (Å²) in [4.78, 5) is 36.8. The molecule has 0 aliphatic carbocycles. The van der Waals surface area contributed by atoms with Crippen molar-refractivity contribution in [2.24, 2.45) is 0 Å². The number of cyclic esters (lactones) is 1. The molecule has 0 radical (unpaired) electrons. The van der Waals surface area contributed by atoms with Gasteiger partial charge in [0.2, 0.25) is 11.9 Å². The molecule has 2 aromatic rings. The van der Waals surface area contributed by atoms with Crippen LogP contribution in [0.3, 0.4) is 0 Å². The Morgan fingerprint density at radius 3 is 2.70 bits per heavy atom. The van der Waals surface area contributed by atoms with Crippen LogP contribution in [0.25, 0.3) is 0 Å². The fraction of sp³-hybridized carbons (Fsp3) is 0.381. The highest BCUT2D eigenvalue weighted by Crippen LogP contribution is 2.29. The summed E-state index contributed by atoms with van der Waals surface area (Å²) in [6, 6.07) is 6.57. The number of hydrogen-bond donors (Lipinski definition) is 2. The Labute approximate surface area is 189 Å². The number of carbonyl (C=O) groups is 2. The minimum absolute atomic E-state index is 0.131. The summed E-state index contributed by atoms with van der Waals surface area (Å²) in [7, 11) is 0. The van der Waals surface area contributed by atoms with Crippen molar-refractivity contribution in [2.45, 2.75) is 13.0 Å². The molecule has 33 heavy (non-hydrogen) atoms. The lowest BCUT2D eigenvalue weighted by Gasteiger charge is -2.36. The third-order valence-electron chi connectivity index (χ3n) is 5.52. The zero-order valence-electron chi connectivity index (χ0n) is 18.0. The maximum absolute atomic E-state index is 15.0. The SMILES string of the molecule is CC(=O)NC[C@H]1CN(c2ccc(N3CCN(c4ncc(C#N)c(N)n4)CC3)c(F)c2)C(=O)O1. The molecule has 4 rings (SSSR count). The Bertz CT molecular complexity index is 1110.